The van der Waals surface area contributed by atoms with Crippen molar-refractivity contribution < 1.29 is 14.3 Å². The number of benzene rings is 3. The average Bonchev–Trinajstić information content (AvgIpc) is 2.86. The van der Waals surface area contributed by atoms with Crippen molar-refractivity contribution in [1.29, 1.82) is 5.26 Å². The van der Waals surface area contributed by atoms with E-state index in [1.54, 1.807) is 24.3 Å². The van der Waals surface area contributed by atoms with Crippen molar-refractivity contribution in [2.45, 2.75) is 26.3 Å². The normalized spacial score (nSPS) is 11.9. The SMILES string of the molecule is CCOc1ccc(CC(C(N)=O)[C@H](Cc2ccccc2)C(=O)NCc2ccc(C#N)cc2)cc1.Cl. The summed E-state index contributed by atoms with van der Waals surface area (Å²) in [6.07, 6.45) is 0.744. The molecule has 0 heterocycles. The summed E-state index contributed by atoms with van der Waals surface area (Å²) in [4.78, 5) is 25.9. The van der Waals surface area contributed by atoms with Gasteiger partial charge in [0, 0.05) is 6.54 Å². The maximum atomic E-state index is 13.3. The maximum absolute atomic E-state index is 13.3. The minimum atomic E-state index is -0.681. The maximum Gasteiger partial charge on any atom is 0.224 e. The predicted octanol–water partition coefficient (Wildman–Crippen LogP) is 4.20. The highest BCUT2D eigenvalue weighted by Crippen LogP contribution is 2.24. The molecule has 3 N–H and O–H groups in total. The smallest absolute Gasteiger partial charge is 0.224 e. The zero-order valence-corrected chi connectivity index (χ0v) is 20.5. The van der Waals surface area contributed by atoms with Gasteiger partial charge in [0.05, 0.1) is 30.1 Å². The zero-order chi connectivity index (χ0) is 24.3. The number of carbonyl (C=O) groups is 2. The summed E-state index contributed by atoms with van der Waals surface area (Å²) in [5.74, 6) is -1.31. The van der Waals surface area contributed by atoms with Crippen molar-refractivity contribution in [3.05, 3.63) is 101 Å². The average molecular weight is 492 g/mol. The second-order valence-corrected chi connectivity index (χ2v) is 8.11. The minimum Gasteiger partial charge on any atom is -0.494 e. The molecular formula is C28H30ClN3O3. The molecule has 6 nitrogen and oxygen atoms in total. The number of hydrogen-bond donors (Lipinski definition) is 2. The molecule has 3 aromatic rings. The Kier molecular flexibility index (Phi) is 10.8. The Bertz CT molecular complexity index is 1130. The summed E-state index contributed by atoms with van der Waals surface area (Å²) in [7, 11) is 0. The van der Waals surface area contributed by atoms with Crippen molar-refractivity contribution in [3.8, 4) is 11.8 Å². The molecule has 7 heteroatoms. The van der Waals surface area contributed by atoms with Gasteiger partial charge in [0.25, 0.3) is 0 Å². The molecule has 2 amide bonds. The summed E-state index contributed by atoms with van der Waals surface area (Å²) in [5.41, 5.74) is 9.11. The van der Waals surface area contributed by atoms with Gasteiger partial charge in [-0.1, -0.05) is 54.6 Å². The van der Waals surface area contributed by atoms with Crippen LogP contribution in [-0.4, -0.2) is 18.4 Å². The molecule has 0 bridgehead atoms. The van der Waals surface area contributed by atoms with Crippen LogP contribution in [-0.2, 0) is 29.0 Å². The Morgan fingerprint density at radius 2 is 1.46 bits per heavy atom. The van der Waals surface area contributed by atoms with Crippen LogP contribution in [0.15, 0.2) is 78.9 Å². The predicted molar refractivity (Wildman–Crippen MR) is 138 cm³/mol. The fourth-order valence-electron chi connectivity index (χ4n) is 3.89. The largest absolute Gasteiger partial charge is 0.494 e. The number of nitrogens with two attached hydrogens (primary N) is 1. The number of amides is 2. The summed E-state index contributed by atoms with van der Waals surface area (Å²) in [5, 5.41) is 11.9. The lowest BCUT2D eigenvalue weighted by Gasteiger charge is -2.25. The molecule has 0 radical (unpaired) electrons. The lowest BCUT2D eigenvalue weighted by atomic mass is 9.81. The van der Waals surface area contributed by atoms with Crippen LogP contribution in [0.25, 0.3) is 0 Å². The first-order valence-electron chi connectivity index (χ1n) is 11.3. The molecule has 3 rings (SSSR count). The molecule has 0 saturated carbocycles. The van der Waals surface area contributed by atoms with Crippen LogP contribution < -0.4 is 15.8 Å². The Hall–Kier alpha value is -3.82. The van der Waals surface area contributed by atoms with Crippen molar-refractivity contribution in [1.82, 2.24) is 5.32 Å². The van der Waals surface area contributed by atoms with Crippen LogP contribution in [0.3, 0.4) is 0 Å². The molecule has 0 aliphatic rings. The van der Waals surface area contributed by atoms with Gasteiger partial charge in [-0.05, 0) is 60.7 Å². The number of nitrogens with one attached hydrogen (secondary N) is 1. The zero-order valence-electron chi connectivity index (χ0n) is 19.6. The van der Waals surface area contributed by atoms with Gasteiger partial charge in [-0.3, -0.25) is 9.59 Å². The number of rotatable bonds is 11. The lowest BCUT2D eigenvalue weighted by Crippen LogP contribution is -2.42. The van der Waals surface area contributed by atoms with Gasteiger partial charge in [0.2, 0.25) is 11.8 Å². The third-order valence-corrected chi connectivity index (χ3v) is 5.73. The fourth-order valence-corrected chi connectivity index (χ4v) is 3.89. The van der Waals surface area contributed by atoms with Gasteiger partial charge in [-0.25, -0.2) is 0 Å². The first-order valence-corrected chi connectivity index (χ1v) is 11.3. The van der Waals surface area contributed by atoms with E-state index in [1.165, 1.54) is 0 Å². The number of nitriles is 1. The highest BCUT2D eigenvalue weighted by molar-refractivity contribution is 5.87. The van der Waals surface area contributed by atoms with Gasteiger partial charge >= 0.3 is 0 Å². The van der Waals surface area contributed by atoms with Crippen LogP contribution in [0.1, 0.15) is 29.2 Å². The van der Waals surface area contributed by atoms with Gasteiger partial charge in [-0.15, -0.1) is 12.4 Å². The topological polar surface area (TPSA) is 105 Å². The molecule has 0 aliphatic carbocycles. The molecule has 182 valence electrons. The summed E-state index contributed by atoms with van der Waals surface area (Å²) in [6.45, 7) is 2.79. The third kappa shape index (κ3) is 8.16. The molecule has 0 aromatic heterocycles. The third-order valence-electron chi connectivity index (χ3n) is 5.73. The number of primary amides is 1. The molecule has 35 heavy (non-hydrogen) atoms. The van der Waals surface area contributed by atoms with E-state index in [0.717, 1.165) is 22.4 Å². The summed E-state index contributed by atoms with van der Waals surface area (Å²) in [6, 6.07) is 26.2. The molecular weight excluding hydrogens is 462 g/mol. The van der Waals surface area contributed by atoms with Gasteiger partial charge in [0.15, 0.2) is 0 Å². The van der Waals surface area contributed by atoms with Gasteiger partial charge in [0.1, 0.15) is 5.75 Å². The summed E-state index contributed by atoms with van der Waals surface area (Å²) >= 11 is 0. The van der Waals surface area contributed by atoms with Crippen LogP contribution in [0.2, 0.25) is 0 Å². The van der Waals surface area contributed by atoms with E-state index in [2.05, 4.69) is 11.4 Å². The number of ether oxygens (including phenoxy) is 1. The van der Waals surface area contributed by atoms with E-state index in [4.69, 9.17) is 15.7 Å². The van der Waals surface area contributed by atoms with E-state index >= 15 is 0 Å². The van der Waals surface area contributed by atoms with Crippen LogP contribution in [0.5, 0.6) is 5.75 Å². The molecule has 0 saturated heterocycles. The Labute approximate surface area is 212 Å². The second-order valence-electron chi connectivity index (χ2n) is 8.11. The number of carbonyl (C=O) groups excluding carboxylic acids is 2. The van der Waals surface area contributed by atoms with Gasteiger partial charge in [-0.2, -0.15) is 5.26 Å². The first kappa shape index (κ1) is 27.4. The molecule has 0 aliphatic heterocycles. The Morgan fingerprint density at radius 3 is 2.03 bits per heavy atom. The van der Waals surface area contributed by atoms with Crippen molar-refractivity contribution in [2.24, 2.45) is 17.6 Å². The minimum absolute atomic E-state index is 0. The second kappa shape index (κ2) is 13.8. The van der Waals surface area contributed by atoms with E-state index in [0.29, 0.717) is 31.6 Å². The molecule has 0 fully saturated rings. The number of hydrogen-bond acceptors (Lipinski definition) is 4. The quantitative estimate of drug-likeness (QED) is 0.419. The van der Waals surface area contributed by atoms with Crippen LogP contribution in [0, 0.1) is 23.2 Å². The molecule has 1 unspecified atom stereocenters. The Balaban J connectivity index is 0.00000432. The lowest BCUT2D eigenvalue weighted by molar-refractivity contribution is -0.133. The Morgan fingerprint density at radius 1 is 0.886 bits per heavy atom. The standard InChI is InChI=1S/C28H29N3O3.ClH/c1-2-34-24-14-12-21(13-15-24)16-25(27(30)32)26(17-20-6-4-3-5-7-20)28(33)31-19-23-10-8-22(18-29)9-11-23;/h3-15,25-26H,2,16-17,19H2,1H3,(H2,30,32)(H,31,33);1H/t25?,26-;/m0./s1. The van der Waals surface area contributed by atoms with Crippen molar-refractivity contribution >= 4 is 24.2 Å². The first-order chi connectivity index (χ1) is 16.5. The summed E-state index contributed by atoms with van der Waals surface area (Å²) < 4.78 is 5.49. The highest BCUT2D eigenvalue weighted by Gasteiger charge is 2.32. The molecule has 0 spiro atoms. The van der Waals surface area contributed by atoms with Gasteiger partial charge < -0.3 is 15.8 Å². The number of halogens is 1. The fraction of sp³-hybridized carbons (Fsp3) is 0.250. The van der Waals surface area contributed by atoms with E-state index in [1.807, 2.05) is 61.5 Å². The van der Waals surface area contributed by atoms with Crippen molar-refractivity contribution in [3.63, 3.8) is 0 Å². The van der Waals surface area contributed by atoms with Crippen molar-refractivity contribution in [2.75, 3.05) is 6.61 Å². The van der Waals surface area contributed by atoms with E-state index in [-0.39, 0.29) is 18.3 Å². The molecule has 2 atom stereocenters. The monoisotopic (exact) mass is 491 g/mol. The van der Waals surface area contributed by atoms with E-state index < -0.39 is 17.7 Å². The van der Waals surface area contributed by atoms with E-state index in [9.17, 15) is 9.59 Å². The van der Waals surface area contributed by atoms with Crippen LogP contribution >= 0.6 is 12.4 Å². The van der Waals surface area contributed by atoms with Crippen LogP contribution in [0.4, 0.5) is 0 Å². The highest BCUT2D eigenvalue weighted by atomic mass is 35.5. The number of nitrogens with zero attached hydrogens (tertiary/aromatic N) is 1. The molecule has 3 aromatic carbocycles.